The Hall–Kier alpha value is -1.06. The van der Waals surface area contributed by atoms with Crippen LogP contribution in [0, 0.1) is 5.92 Å². The summed E-state index contributed by atoms with van der Waals surface area (Å²) in [4.78, 5) is 2.62. The monoisotopic (exact) mass is 290 g/mol. The lowest BCUT2D eigenvalue weighted by Crippen LogP contribution is -2.42. The molecule has 1 aromatic rings. The van der Waals surface area contributed by atoms with Crippen molar-refractivity contribution in [3.8, 4) is 5.75 Å². The van der Waals surface area contributed by atoms with E-state index in [1.54, 1.807) is 7.11 Å². The maximum atomic E-state index is 5.37. The first-order valence-corrected chi connectivity index (χ1v) is 8.22. The highest BCUT2D eigenvalue weighted by Gasteiger charge is 2.23. The molecule has 0 radical (unpaired) electrons. The number of benzene rings is 1. The minimum atomic E-state index is 0.419. The fourth-order valence-corrected chi connectivity index (χ4v) is 3.29. The van der Waals surface area contributed by atoms with Crippen LogP contribution in [0.25, 0.3) is 0 Å². The first kappa shape index (κ1) is 16.3. The second kappa shape index (κ2) is 7.81. The number of nitrogens with one attached hydrogen (secondary N) is 1. The van der Waals surface area contributed by atoms with Crippen LogP contribution in [0.15, 0.2) is 24.3 Å². The fraction of sp³-hybridized carbons (Fsp3) is 0.667. The molecule has 1 fully saturated rings. The Kier molecular flexibility index (Phi) is 6.07. The van der Waals surface area contributed by atoms with Gasteiger partial charge in [0.2, 0.25) is 0 Å². The van der Waals surface area contributed by atoms with Gasteiger partial charge in [-0.3, -0.25) is 4.90 Å². The van der Waals surface area contributed by atoms with E-state index in [9.17, 15) is 0 Å². The van der Waals surface area contributed by atoms with Crippen molar-refractivity contribution in [1.82, 2.24) is 10.2 Å². The molecule has 2 atom stereocenters. The van der Waals surface area contributed by atoms with E-state index in [0.717, 1.165) is 18.2 Å². The van der Waals surface area contributed by atoms with Gasteiger partial charge >= 0.3 is 0 Å². The summed E-state index contributed by atoms with van der Waals surface area (Å²) in [6.45, 7) is 10.4. The number of hydrogen-bond donors (Lipinski definition) is 1. The number of nitrogens with zero attached hydrogens (tertiary/aromatic N) is 1. The lowest BCUT2D eigenvalue weighted by Gasteiger charge is -2.37. The van der Waals surface area contributed by atoms with Gasteiger partial charge in [0.25, 0.3) is 0 Å². The number of ether oxygens (including phenoxy) is 1. The highest BCUT2D eigenvalue weighted by molar-refractivity contribution is 5.30. The van der Waals surface area contributed by atoms with Crippen LogP contribution in [0.2, 0.25) is 0 Å². The standard InChI is InChI=1S/C18H30N2O/c1-14(2)20(13-16-7-6-10-19-12-16)15(3)17-8-5-9-18(11-17)21-4/h5,8-9,11,14-16,19H,6-7,10,12-13H2,1-4H3. The lowest BCUT2D eigenvalue weighted by atomic mass is 9.96. The van der Waals surface area contributed by atoms with Gasteiger partial charge in [-0.05, 0) is 70.3 Å². The van der Waals surface area contributed by atoms with E-state index in [-0.39, 0.29) is 0 Å². The summed E-state index contributed by atoms with van der Waals surface area (Å²) in [5.74, 6) is 1.72. The average Bonchev–Trinajstić information content (AvgIpc) is 2.52. The van der Waals surface area contributed by atoms with Gasteiger partial charge in [0.1, 0.15) is 5.75 Å². The Bertz CT molecular complexity index is 427. The van der Waals surface area contributed by atoms with E-state index >= 15 is 0 Å². The van der Waals surface area contributed by atoms with Crippen molar-refractivity contribution in [2.24, 2.45) is 5.92 Å². The van der Waals surface area contributed by atoms with E-state index in [0.29, 0.717) is 12.1 Å². The summed E-state index contributed by atoms with van der Waals surface area (Å²) in [6.07, 6.45) is 2.66. The first-order chi connectivity index (χ1) is 10.1. The van der Waals surface area contributed by atoms with Gasteiger partial charge in [0.15, 0.2) is 0 Å². The molecule has 1 aromatic carbocycles. The summed E-state index contributed by atoms with van der Waals surface area (Å²) in [5, 5.41) is 3.53. The van der Waals surface area contributed by atoms with Crippen LogP contribution >= 0.6 is 0 Å². The average molecular weight is 290 g/mol. The topological polar surface area (TPSA) is 24.5 Å². The molecule has 0 spiro atoms. The first-order valence-electron chi connectivity index (χ1n) is 8.22. The normalized spacial score (nSPS) is 20.8. The molecule has 2 rings (SSSR count). The van der Waals surface area contributed by atoms with E-state index < -0.39 is 0 Å². The van der Waals surface area contributed by atoms with E-state index in [2.05, 4.69) is 49.2 Å². The molecule has 1 heterocycles. The molecular formula is C18H30N2O. The predicted molar refractivity (Wildman–Crippen MR) is 88.8 cm³/mol. The maximum absolute atomic E-state index is 5.37. The van der Waals surface area contributed by atoms with Gasteiger partial charge in [-0.1, -0.05) is 12.1 Å². The maximum Gasteiger partial charge on any atom is 0.119 e. The number of piperidine rings is 1. The minimum Gasteiger partial charge on any atom is -0.497 e. The van der Waals surface area contributed by atoms with Gasteiger partial charge in [-0.2, -0.15) is 0 Å². The summed E-state index contributed by atoms with van der Waals surface area (Å²) >= 11 is 0. The van der Waals surface area contributed by atoms with Crippen LogP contribution in [0.3, 0.4) is 0 Å². The Labute approximate surface area is 129 Å². The molecule has 0 aromatic heterocycles. The summed E-state index contributed by atoms with van der Waals surface area (Å²) in [7, 11) is 1.73. The summed E-state index contributed by atoms with van der Waals surface area (Å²) in [5.41, 5.74) is 1.34. The Morgan fingerprint density at radius 3 is 2.76 bits per heavy atom. The largest absolute Gasteiger partial charge is 0.497 e. The van der Waals surface area contributed by atoms with Gasteiger partial charge < -0.3 is 10.1 Å². The van der Waals surface area contributed by atoms with Crippen molar-refractivity contribution in [3.05, 3.63) is 29.8 Å². The molecule has 1 aliphatic heterocycles. The van der Waals surface area contributed by atoms with Crippen LogP contribution in [0.5, 0.6) is 5.75 Å². The van der Waals surface area contributed by atoms with Crippen LogP contribution in [0.4, 0.5) is 0 Å². The third kappa shape index (κ3) is 4.45. The third-order valence-corrected chi connectivity index (χ3v) is 4.60. The number of rotatable bonds is 6. The molecule has 0 saturated carbocycles. The molecule has 21 heavy (non-hydrogen) atoms. The Morgan fingerprint density at radius 1 is 1.33 bits per heavy atom. The fourth-order valence-electron chi connectivity index (χ4n) is 3.29. The van der Waals surface area contributed by atoms with Crippen LogP contribution in [-0.4, -0.2) is 37.7 Å². The number of methoxy groups -OCH3 is 1. The summed E-state index contributed by atoms with van der Waals surface area (Å²) < 4.78 is 5.37. The van der Waals surface area contributed by atoms with Crippen molar-refractivity contribution in [2.75, 3.05) is 26.7 Å². The molecular weight excluding hydrogens is 260 g/mol. The van der Waals surface area contributed by atoms with Crippen molar-refractivity contribution in [2.45, 2.75) is 45.7 Å². The second-order valence-electron chi connectivity index (χ2n) is 6.46. The zero-order chi connectivity index (χ0) is 15.2. The van der Waals surface area contributed by atoms with E-state index in [1.807, 2.05) is 6.07 Å². The highest BCUT2D eigenvalue weighted by atomic mass is 16.5. The molecule has 0 bridgehead atoms. The van der Waals surface area contributed by atoms with Crippen molar-refractivity contribution in [1.29, 1.82) is 0 Å². The quantitative estimate of drug-likeness (QED) is 0.868. The molecule has 1 aliphatic rings. The molecule has 2 unspecified atom stereocenters. The number of hydrogen-bond acceptors (Lipinski definition) is 3. The van der Waals surface area contributed by atoms with Gasteiger partial charge in [0.05, 0.1) is 7.11 Å². The van der Waals surface area contributed by atoms with E-state index in [4.69, 9.17) is 4.74 Å². The predicted octanol–water partition coefficient (Wildman–Crippen LogP) is 3.47. The SMILES string of the molecule is COc1cccc(C(C)N(CC2CCCNC2)C(C)C)c1. The van der Waals surface area contributed by atoms with Gasteiger partial charge in [0, 0.05) is 18.6 Å². The molecule has 3 heteroatoms. The second-order valence-corrected chi connectivity index (χ2v) is 6.46. The molecule has 1 saturated heterocycles. The van der Waals surface area contributed by atoms with Crippen molar-refractivity contribution >= 4 is 0 Å². The molecule has 1 N–H and O–H groups in total. The molecule has 0 amide bonds. The van der Waals surface area contributed by atoms with Gasteiger partial charge in [-0.15, -0.1) is 0 Å². The highest BCUT2D eigenvalue weighted by Crippen LogP contribution is 2.27. The molecule has 118 valence electrons. The summed E-state index contributed by atoms with van der Waals surface area (Å²) in [6, 6.07) is 9.45. The van der Waals surface area contributed by atoms with Crippen LogP contribution < -0.4 is 10.1 Å². The third-order valence-electron chi connectivity index (χ3n) is 4.60. The Morgan fingerprint density at radius 2 is 2.14 bits per heavy atom. The molecule has 0 aliphatic carbocycles. The van der Waals surface area contributed by atoms with Crippen LogP contribution in [0.1, 0.15) is 45.2 Å². The molecule has 3 nitrogen and oxygen atoms in total. The van der Waals surface area contributed by atoms with E-state index in [1.165, 1.54) is 31.5 Å². The van der Waals surface area contributed by atoms with Gasteiger partial charge in [-0.25, -0.2) is 0 Å². The smallest absolute Gasteiger partial charge is 0.119 e. The zero-order valence-corrected chi connectivity index (χ0v) is 13.9. The van der Waals surface area contributed by atoms with Crippen molar-refractivity contribution < 1.29 is 4.74 Å². The van der Waals surface area contributed by atoms with Crippen LogP contribution in [-0.2, 0) is 0 Å². The minimum absolute atomic E-state index is 0.419. The lowest BCUT2D eigenvalue weighted by molar-refractivity contribution is 0.126. The van der Waals surface area contributed by atoms with Crippen molar-refractivity contribution in [3.63, 3.8) is 0 Å². The Balaban J connectivity index is 2.08. The zero-order valence-electron chi connectivity index (χ0n) is 13.9.